The second-order valence-corrected chi connectivity index (χ2v) is 5.56. The highest BCUT2D eigenvalue weighted by molar-refractivity contribution is 5.89. The van der Waals surface area contributed by atoms with Crippen molar-refractivity contribution < 1.29 is 19.1 Å². The van der Waals surface area contributed by atoms with Crippen LogP contribution in [0.1, 0.15) is 41.3 Å². The Morgan fingerprint density at radius 2 is 1.46 bits per heavy atom. The quantitative estimate of drug-likeness (QED) is 0.571. The summed E-state index contributed by atoms with van der Waals surface area (Å²) in [5.74, 6) is -0.288. The predicted molar refractivity (Wildman–Crippen MR) is 92.2 cm³/mol. The van der Waals surface area contributed by atoms with E-state index < -0.39 is 5.97 Å². The minimum absolute atomic E-state index is 0.293. The molecule has 0 aliphatic carbocycles. The summed E-state index contributed by atoms with van der Waals surface area (Å²) < 4.78 is 9.90. The Bertz CT molecular complexity index is 672. The van der Waals surface area contributed by atoms with Crippen molar-refractivity contribution in [2.24, 2.45) is 0 Å². The molecule has 126 valence electrons. The largest absolute Gasteiger partial charge is 0.465 e. The number of esters is 2. The standard InChI is InChI=1S/C20H22O4/c1-3-4-15-5-7-16(8-6-15)9-14-19(21)24-18-12-10-17(11-13-18)20(22)23-2/h5-8,10-13H,3-4,9,14H2,1-2H3. The zero-order valence-corrected chi connectivity index (χ0v) is 14.1. The lowest BCUT2D eigenvalue weighted by Gasteiger charge is -2.06. The number of ether oxygens (including phenoxy) is 2. The Balaban J connectivity index is 1.83. The van der Waals surface area contributed by atoms with Gasteiger partial charge in [0, 0.05) is 6.42 Å². The van der Waals surface area contributed by atoms with Gasteiger partial charge < -0.3 is 9.47 Å². The normalized spacial score (nSPS) is 10.2. The van der Waals surface area contributed by atoms with Crippen LogP contribution in [0.4, 0.5) is 0 Å². The Labute approximate surface area is 142 Å². The molecule has 0 aliphatic heterocycles. The average Bonchev–Trinajstić information content (AvgIpc) is 2.61. The zero-order valence-electron chi connectivity index (χ0n) is 14.1. The molecule has 0 fully saturated rings. The van der Waals surface area contributed by atoms with Crippen molar-refractivity contribution in [3.8, 4) is 5.75 Å². The highest BCUT2D eigenvalue weighted by atomic mass is 16.5. The lowest BCUT2D eigenvalue weighted by molar-refractivity contribution is -0.134. The van der Waals surface area contributed by atoms with Crippen LogP contribution < -0.4 is 4.74 Å². The van der Waals surface area contributed by atoms with Crippen LogP contribution in [0.5, 0.6) is 5.75 Å². The van der Waals surface area contributed by atoms with E-state index in [1.807, 2.05) is 0 Å². The van der Waals surface area contributed by atoms with Crippen molar-refractivity contribution in [2.75, 3.05) is 7.11 Å². The molecule has 2 rings (SSSR count). The van der Waals surface area contributed by atoms with E-state index in [0.29, 0.717) is 24.2 Å². The van der Waals surface area contributed by atoms with E-state index in [4.69, 9.17) is 4.74 Å². The van der Waals surface area contributed by atoms with Crippen molar-refractivity contribution in [3.63, 3.8) is 0 Å². The van der Waals surface area contributed by atoms with Crippen molar-refractivity contribution >= 4 is 11.9 Å². The number of aryl methyl sites for hydroxylation is 2. The fourth-order valence-corrected chi connectivity index (χ4v) is 2.37. The van der Waals surface area contributed by atoms with E-state index in [1.165, 1.54) is 12.7 Å². The summed E-state index contributed by atoms with van der Waals surface area (Å²) in [7, 11) is 1.32. The first-order valence-electron chi connectivity index (χ1n) is 8.09. The van der Waals surface area contributed by atoms with Gasteiger partial charge in [-0.3, -0.25) is 4.79 Å². The van der Waals surface area contributed by atoms with Gasteiger partial charge in [-0.05, 0) is 48.2 Å². The molecule has 0 atom stereocenters. The van der Waals surface area contributed by atoms with E-state index in [9.17, 15) is 9.59 Å². The van der Waals surface area contributed by atoms with Gasteiger partial charge in [0.05, 0.1) is 12.7 Å². The van der Waals surface area contributed by atoms with Gasteiger partial charge in [0.15, 0.2) is 0 Å². The molecule has 0 aromatic heterocycles. The lowest BCUT2D eigenvalue weighted by atomic mass is 10.0. The molecule has 0 saturated heterocycles. The smallest absolute Gasteiger partial charge is 0.337 e. The number of rotatable bonds is 7. The fraction of sp³-hybridized carbons (Fsp3) is 0.300. The molecule has 0 radical (unpaired) electrons. The van der Waals surface area contributed by atoms with Gasteiger partial charge in [0.25, 0.3) is 0 Å². The summed E-state index contributed by atoms with van der Waals surface area (Å²) in [6.45, 7) is 2.15. The summed E-state index contributed by atoms with van der Waals surface area (Å²) in [6.07, 6.45) is 3.15. The Morgan fingerprint density at radius 1 is 0.875 bits per heavy atom. The molecular weight excluding hydrogens is 304 g/mol. The topological polar surface area (TPSA) is 52.6 Å². The van der Waals surface area contributed by atoms with Gasteiger partial charge >= 0.3 is 11.9 Å². The third-order valence-electron chi connectivity index (χ3n) is 3.69. The van der Waals surface area contributed by atoms with Gasteiger partial charge in [-0.25, -0.2) is 4.79 Å². The van der Waals surface area contributed by atoms with Crippen molar-refractivity contribution in [3.05, 3.63) is 65.2 Å². The van der Waals surface area contributed by atoms with Crippen LogP contribution in [0, 0.1) is 0 Å². The maximum absolute atomic E-state index is 11.9. The minimum atomic E-state index is -0.417. The summed E-state index contributed by atoms with van der Waals surface area (Å²) in [4.78, 5) is 23.3. The molecule has 0 aliphatic rings. The summed E-state index contributed by atoms with van der Waals surface area (Å²) in [5.41, 5.74) is 2.85. The first-order valence-corrected chi connectivity index (χ1v) is 8.09. The Kier molecular flexibility index (Phi) is 6.55. The van der Waals surface area contributed by atoms with E-state index in [1.54, 1.807) is 24.3 Å². The molecule has 4 nitrogen and oxygen atoms in total. The number of methoxy groups -OCH3 is 1. The average molecular weight is 326 g/mol. The molecule has 0 spiro atoms. The van der Waals surface area contributed by atoms with Crippen LogP contribution in [-0.4, -0.2) is 19.0 Å². The molecule has 4 heteroatoms. The van der Waals surface area contributed by atoms with Gasteiger partial charge in [-0.15, -0.1) is 0 Å². The van der Waals surface area contributed by atoms with Crippen LogP contribution in [-0.2, 0) is 22.4 Å². The number of benzene rings is 2. The second-order valence-electron chi connectivity index (χ2n) is 5.56. The molecule has 2 aromatic rings. The maximum Gasteiger partial charge on any atom is 0.337 e. The van der Waals surface area contributed by atoms with Crippen molar-refractivity contribution in [1.82, 2.24) is 0 Å². The van der Waals surface area contributed by atoms with E-state index in [-0.39, 0.29) is 5.97 Å². The molecule has 0 bridgehead atoms. The third-order valence-corrected chi connectivity index (χ3v) is 3.69. The van der Waals surface area contributed by atoms with Crippen LogP contribution in [0.15, 0.2) is 48.5 Å². The molecule has 0 N–H and O–H groups in total. The number of hydrogen-bond acceptors (Lipinski definition) is 4. The number of hydrogen-bond donors (Lipinski definition) is 0. The molecule has 24 heavy (non-hydrogen) atoms. The van der Waals surface area contributed by atoms with Crippen LogP contribution in [0.25, 0.3) is 0 Å². The van der Waals surface area contributed by atoms with E-state index >= 15 is 0 Å². The Morgan fingerprint density at radius 3 is 2.00 bits per heavy atom. The van der Waals surface area contributed by atoms with Crippen LogP contribution in [0.3, 0.4) is 0 Å². The summed E-state index contributed by atoms with van der Waals surface area (Å²) in [6, 6.07) is 14.6. The van der Waals surface area contributed by atoms with Gasteiger partial charge in [0.1, 0.15) is 5.75 Å². The third kappa shape index (κ3) is 5.23. The van der Waals surface area contributed by atoms with Crippen molar-refractivity contribution in [2.45, 2.75) is 32.6 Å². The first-order chi connectivity index (χ1) is 11.6. The molecule has 0 unspecified atom stereocenters. The summed E-state index contributed by atoms with van der Waals surface area (Å²) in [5, 5.41) is 0. The number of carbonyl (C=O) groups is 2. The second kappa shape index (κ2) is 8.87. The molecular formula is C20H22O4. The maximum atomic E-state index is 11.9. The minimum Gasteiger partial charge on any atom is -0.465 e. The van der Waals surface area contributed by atoms with Crippen LogP contribution >= 0.6 is 0 Å². The van der Waals surface area contributed by atoms with Gasteiger partial charge in [0.2, 0.25) is 0 Å². The summed E-state index contributed by atoms with van der Waals surface area (Å²) >= 11 is 0. The molecule has 0 heterocycles. The highest BCUT2D eigenvalue weighted by Crippen LogP contribution is 2.14. The van der Waals surface area contributed by atoms with Crippen molar-refractivity contribution in [1.29, 1.82) is 0 Å². The Hall–Kier alpha value is -2.62. The van der Waals surface area contributed by atoms with E-state index in [0.717, 1.165) is 18.4 Å². The fourth-order valence-electron chi connectivity index (χ4n) is 2.37. The molecule has 2 aromatic carbocycles. The monoisotopic (exact) mass is 326 g/mol. The van der Waals surface area contributed by atoms with E-state index in [2.05, 4.69) is 35.9 Å². The highest BCUT2D eigenvalue weighted by Gasteiger charge is 2.08. The molecule has 0 amide bonds. The molecule has 0 saturated carbocycles. The van der Waals surface area contributed by atoms with Gasteiger partial charge in [-0.2, -0.15) is 0 Å². The number of carbonyl (C=O) groups excluding carboxylic acids is 2. The predicted octanol–water partition coefficient (Wildman–Crippen LogP) is 3.96. The van der Waals surface area contributed by atoms with Crippen LogP contribution in [0.2, 0.25) is 0 Å². The zero-order chi connectivity index (χ0) is 17.4. The van der Waals surface area contributed by atoms with Gasteiger partial charge in [-0.1, -0.05) is 37.6 Å². The SMILES string of the molecule is CCCc1ccc(CCC(=O)Oc2ccc(C(=O)OC)cc2)cc1. The lowest BCUT2D eigenvalue weighted by Crippen LogP contribution is -2.09. The first kappa shape index (κ1) is 17.7.